The number of rotatable bonds is 2. The first-order chi connectivity index (χ1) is 12.0. The average Bonchev–Trinajstić information content (AvgIpc) is 2.93. The molecule has 0 radical (unpaired) electrons. The number of benzene rings is 1. The molecule has 4 rings (SSSR count). The maximum absolute atomic E-state index is 12.7. The van der Waals surface area contributed by atoms with Crippen LogP contribution in [-0.4, -0.2) is 5.91 Å². The first-order valence-electron chi connectivity index (χ1n) is 8.56. The number of anilines is 1. The highest BCUT2D eigenvalue weighted by Gasteiger charge is 2.27. The van der Waals surface area contributed by atoms with Crippen LogP contribution in [0.5, 0.6) is 0 Å². The zero-order valence-electron chi connectivity index (χ0n) is 14.3. The monoisotopic (exact) mass is 389 g/mol. The topological polar surface area (TPSA) is 29.1 Å². The second kappa shape index (κ2) is 6.82. The minimum Gasteiger partial charge on any atom is -0.321 e. The number of carbonyl (C=O) groups excluding carboxylic acids is 1. The Morgan fingerprint density at radius 3 is 2.96 bits per heavy atom. The molecule has 1 aromatic carbocycles. The van der Waals surface area contributed by atoms with E-state index in [1.807, 2.05) is 30.4 Å². The highest BCUT2D eigenvalue weighted by Crippen LogP contribution is 2.43. The Morgan fingerprint density at radius 1 is 1.32 bits per heavy atom. The van der Waals surface area contributed by atoms with Crippen LogP contribution in [0.4, 0.5) is 5.69 Å². The van der Waals surface area contributed by atoms with Crippen LogP contribution in [0.2, 0.25) is 5.02 Å². The normalized spacial score (nSPS) is 19.0. The molecule has 1 atom stereocenters. The lowest BCUT2D eigenvalue weighted by Crippen LogP contribution is -2.15. The maximum Gasteiger partial charge on any atom is 0.262 e. The SMILES string of the molecule is Cc1cc(Cl)ccc1NC(=O)C1=Cc2sc3c(c2CS1)CC[C@H](C)C3. The number of fused-ring (bicyclic) bond motifs is 3. The quantitative estimate of drug-likeness (QED) is 0.676. The van der Waals surface area contributed by atoms with E-state index < -0.39 is 0 Å². The number of amides is 1. The molecule has 5 heteroatoms. The fraction of sp³-hybridized carbons (Fsp3) is 0.350. The smallest absolute Gasteiger partial charge is 0.262 e. The predicted molar refractivity (Wildman–Crippen MR) is 110 cm³/mol. The van der Waals surface area contributed by atoms with Crippen LogP contribution in [-0.2, 0) is 23.4 Å². The van der Waals surface area contributed by atoms with Crippen molar-refractivity contribution >= 4 is 52.4 Å². The molecule has 1 aromatic heterocycles. The summed E-state index contributed by atoms with van der Waals surface area (Å²) in [5.74, 6) is 1.66. The van der Waals surface area contributed by atoms with E-state index in [0.29, 0.717) is 5.02 Å². The van der Waals surface area contributed by atoms with Crippen molar-refractivity contribution < 1.29 is 4.79 Å². The Hall–Kier alpha value is -1.23. The Labute approximate surface area is 161 Å². The molecule has 1 amide bonds. The maximum atomic E-state index is 12.7. The van der Waals surface area contributed by atoms with Gasteiger partial charge >= 0.3 is 0 Å². The number of thioether (sulfide) groups is 1. The summed E-state index contributed by atoms with van der Waals surface area (Å²) < 4.78 is 0. The van der Waals surface area contributed by atoms with E-state index in [1.165, 1.54) is 34.6 Å². The number of hydrogen-bond acceptors (Lipinski definition) is 3. The van der Waals surface area contributed by atoms with Crippen LogP contribution in [0.1, 0.15) is 39.8 Å². The molecule has 2 aromatic rings. The van der Waals surface area contributed by atoms with Gasteiger partial charge in [0.1, 0.15) is 0 Å². The van der Waals surface area contributed by atoms with Gasteiger partial charge in [0.25, 0.3) is 5.91 Å². The van der Waals surface area contributed by atoms with Crippen LogP contribution in [0.3, 0.4) is 0 Å². The van der Waals surface area contributed by atoms with Crippen molar-refractivity contribution in [3.05, 3.63) is 54.6 Å². The highest BCUT2D eigenvalue weighted by molar-refractivity contribution is 8.03. The molecule has 0 fully saturated rings. The van der Waals surface area contributed by atoms with Gasteiger partial charge in [0.2, 0.25) is 0 Å². The number of halogens is 1. The third kappa shape index (κ3) is 3.40. The third-order valence-electron chi connectivity index (χ3n) is 4.95. The predicted octanol–water partition coefficient (Wildman–Crippen LogP) is 6.06. The van der Waals surface area contributed by atoms with Crippen molar-refractivity contribution in [3.8, 4) is 0 Å². The Bertz CT molecular complexity index is 884. The van der Waals surface area contributed by atoms with Gasteiger partial charge in [0, 0.05) is 26.2 Å². The first-order valence-corrected chi connectivity index (χ1v) is 10.7. The van der Waals surface area contributed by atoms with E-state index in [9.17, 15) is 4.79 Å². The zero-order chi connectivity index (χ0) is 17.6. The van der Waals surface area contributed by atoms with E-state index in [1.54, 1.807) is 23.4 Å². The lowest BCUT2D eigenvalue weighted by atomic mass is 9.88. The van der Waals surface area contributed by atoms with Gasteiger partial charge in [-0.25, -0.2) is 0 Å². The fourth-order valence-electron chi connectivity index (χ4n) is 3.51. The van der Waals surface area contributed by atoms with Crippen LogP contribution < -0.4 is 5.32 Å². The summed E-state index contributed by atoms with van der Waals surface area (Å²) in [6.45, 7) is 4.29. The molecule has 25 heavy (non-hydrogen) atoms. The van der Waals surface area contributed by atoms with Gasteiger partial charge in [-0.15, -0.1) is 23.1 Å². The van der Waals surface area contributed by atoms with Crippen LogP contribution in [0, 0.1) is 12.8 Å². The summed E-state index contributed by atoms with van der Waals surface area (Å²) in [4.78, 5) is 16.3. The summed E-state index contributed by atoms with van der Waals surface area (Å²) in [6, 6.07) is 5.53. The Kier molecular flexibility index (Phi) is 4.69. The van der Waals surface area contributed by atoms with Crippen LogP contribution in [0.15, 0.2) is 23.1 Å². The van der Waals surface area contributed by atoms with Gasteiger partial charge in [0.05, 0.1) is 4.91 Å². The molecule has 0 unspecified atom stereocenters. The van der Waals surface area contributed by atoms with Crippen LogP contribution in [0.25, 0.3) is 6.08 Å². The number of carbonyl (C=O) groups is 1. The number of aryl methyl sites for hydroxylation is 1. The molecule has 130 valence electrons. The molecule has 1 aliphatic carbocycles. The molecule has 0 bridgehead atoms. The number of nitrogens with one attached hydrogen (secondary N) is 1. The minimum atomic E-state index is -0.0270. The van der Waals surface area contributed by atoms with Gasteiger partial charge in [0.15, 0.2) is 0 Å². The van der Waals surface area contributed by atoms with E-state index in [0.717, 1.165) is 27.8 Å². The third-order valence-corrected chi connectivity index (χ3v) is 7.47. The molecule has 0 saturated heterocycles. The summed E-state index contributed by atoms with van der Waals surface area (Å²) in [5, 5.41) is 3.71. The Balaban J connectivity index is 1.58. The highest BCUT2D eigenvalue weighted by atomic mass is 35.5. The van der Waals surface area contributed by atoms with Gasteiger partial charge in [-0.1, -0.05) is 18.5 Å². The van der Waals surface area contributed by atoms with Crippen molar-refractivity contribution in [3.63, 3.8) is 0 Å². The minimum absolute atomic E-state index is 0.0270. The van der Waals surface area contributed by atoms with Crippen molar-refractivity contribution in [2.45, 2.75) is 38.9 Å². The van der Waals surface area contributed by atoms with E-state index in [-0.39, 0.29) is 5.91 Å². The fourth-order valence-corrected chi connectivity index (χ4v) is 6.39. The van der Waals surface area contributed by atoms with Gasteiger partial charge < -0.3 is 5.32 Å². The lowest BCUT2D eigenvalue weighted by Gasteiger charge is -2.20. The number of hydrogen-bond donors (Lipinski definition) is 1. The van der Waals surface area contributed by atoms with Crippen molar-refractivity contribution in [2.75, 3.05) is 5.32 Å². The lowest BCUT2D eigenvalue weighted by molar-refractivity contribution is -0.112. The summed E-state index contributed by atoms with van der Waals surface area (Å²) in [6.07, 6.45) is 5.75. The largest absolute Gasteiger partial charge is 0.321 e. The Morgan fingerprint density at radius 2 is 2.16 bits per heavy atom. The second-order valence-corrected chi connectivity index (χ2v) is 9.50. The van der Waals surface area contributed by atoms with Crippen molar-refractivity contribution in [1.29, 1.82) is 0 Å². The standard InChI is InChI=1S/C20H20ClNOS2/c1-11-3-5-14-15-10-24-19(9-18(15)25-17(14)7-11)20(23)22-16-6-4-13(21)8-12(16)2/h4,6,8-9,11H,3,5,7,10H2,1-2H3,(H,22,23)/t11-/m0/s1. The molecule has 0 spiro atoms. The number of thiophene rings is 1. The average molecular weight is 390 g/mol. The van der Waals surface area contributed by atoms with Crippen molar-refractivity contribution in [2.24, 2.45) is 5.92 Å². The molecule has 2 aliphatic rings. The molecule has 0 saturated carbocycles. The molecular formula is C20H20ClNOS2. The molecule has 2 nitrogen and oxygen atoms in total. The first kappa shape index (κ1) is 17.2. The van der Waals surface area contributed by atoms with Crippen molar-refractivity contribution in [1.82, 2.24) is 0 Å². The molecular weight excluding hydrogens is 370 g/mol. The van der Waals surface area contributed by atoms with Gasteiger partial charge in [-0.2, -0.15) is 0 Å². The second-order valence-electron chi connectivity index (χ2n) is 6.91. The summed E-state index contributed by atoms with van der Waals surface area (Å²) in [5.41, 5.74) is 4.83. The van der Waals surface area contributed by atoms with E-state index in [4.69, 9.17) is 11.6 Å². The van der Waals surface area contributed by atoms with E-state index >= 15 is 0 Å². The molecule has 1 aliphatic heterocycles. The summed E-state index contributed by atoms with van der Waals surface area (Å²) >= 11 is 9.53. The van der Waals surface area contributed by atoms with Gasteiger partial charge in [-0.05, 0) is 73.1 Å². The molecule has 2 heterocycles. The summed E-state index contributed by atoms with van der Waals surface area (Å²) in [7, 11) is 0. The zero-order valence-corrected chi connectivity index (χ0v) is 16.7. The molecule has 1 N–H and O–H groups in total. The van der Waals surface area contributed by atoms with E-state index in [2.05, 4.69) is 18.3 Å². The van der Waals surface area contributed by atoms with Crippen LogP contribution >= 0.6 is 34.7 Å². The van der Waals surface area contributed by atoms with Gasteiger partial charge in [-0.3, -0.25) is 4.79 Å².